The van der Waals surface area contributed by atoms with Crippen molar-refractivity contribution >= 4 is 0 Å². The van der Waals surface area contributed by atoms with Crippen LogP contribution in [0.4, 0.5) is 0 Å². The molecule has 2 fully saturated rings. The Balaban J connectivity index is 2.02. The minimum atomic E-state index is 0.512. The Hall–Kier alpha value is -0.0400. The lowest BCUT2D eigenvalue weighted by atomic mass is 9.69. The monoisotopic (exact) mass is 251 g/mol. The third-order valence-corrected chi connectivity index (χ3v) is 5.87. The normalized spacial score (nSPS) is 45.5. The number of rotatable bonds is 1. The Morgan fingerprint density at radius 3 is 2.22 bits per heavy atom. The van der Waals surface area contributed by atoms with Crippen molar-refractivity contribution in [3.63, 3.8) is 0 Å². The largest absolute Gasteiger partial charge is 0.327 e. The first kappa shape index (κ1) is 14.4. The summed E-state index contributed by atoms with van der Waals surface area (Å²) in [6.07, 6.45) is 11.1. The fourth-order valence-electron chi connectivity index (χ4n) is 3.90. The molecule has 4 unspecified atom stereocenters. The van der Waals surface area contributed by atoms with Crippen LogP contribution in [0.25, 0.3) is 0 Å². The average molecular weight is 251 g/mol. The van der Waals surface area contributed by atoms with Crippen LogP contribution in [0.1, 0.15) is 79.1 Å². The second-order valence-electron chi connectivity index (χ2n) is 8.36. The van der Waals surface area contributed by atoms with Gasteiger partial charge < -0.3 is 5.73 Å². The molecule has 1 nitrogen and oxygen atoms in total. The molecule has 0 radical (unpaired) electrons. The summed E-state index contributed by atoms with van der Waals surface area (Å²) in [6.45, 7) is 9.90. The Bertz CT molecular complexity index is 283. The van der Waals surface area contributed by atoms with Gasteiger partial charge in [0.15, 0.2) is 0 Å². The molecular formula is C17H33N. The van der Waals surface area contributed by atoms with E-state index in [2.05, 4.69) is 27.7 Å². The van der Waals surface area contributed by atoms with Crippen molar-refractivity contribution in [1.82, 2.24) is 0 Å². The molecule has 0 aliphatic heterocycles. The Morgan fingerprint density at radius 2 is 1.61 bits per heavy atom. The van der Waals surface area contributed by atoms with E-state index in [-0.39, 0.29) is 0 Å². The van der Waals surface area contributed by atoms with Gasteiger partial charge in [-0.05, 0) is 54.8 Å². The maximum Gasteiger partial charge on any atom is 0.00763 e. The first-order chi connectivity index (χ1) is 8.32. The van der Waals surface area contributed by atoms with Gasteiger partial charge in [-0.2, -0.15) is 0 Å². The van der Waals surface area contributed by atoms with Gasteiger partial charge >= 0.3 is 0 Å². The quantitative estimate of drug-likeness (QED) is 0.715. The van der Waals surface area contributed by atoms with E-state index in [1.807, 2.05) is 0 Å². The van der Waals surface area contributed by atoms with E-state index < -0.39 is 0 Å². The SMILES string of the molecule is CC1CCCC(C)(C2CC2N)CCC(C)(C)CC1. The molecule has 2 N–H and O–H groups in total. The molecule has 0 aromatic heterocycles. The first-order valence-corrected chi connectivity index (χ1v) is 8.08. The number of hydrogen-bond donors (Lipinski definition) is 1. The summed E-state index contributed by atoms with van der Waals surface area (Å²) in [6, 6.07) is 0.512. The summed E-state index contributed by atoms with van der Waals surface area (Å²) < 4.78 is 0. The van der Waals surface area contributed by atoms with Crippen LogP contribution in [0.15, 0.2) is 0 Å². The molecule has 0 heterocycles. The third-order valence-electron chi connectivity index (χ3n) is 5.87. The van der Waals surface area contributed by atoms with Gasteiger partial charge in [0.2, 0.25) is 0 Å². The van der Waals surface area contributed by atoms with Crippen molar-refractivity contribution < 1.29 is 0 Å². The van der Waals surface area contributed by atoms with Crippen molar-refractivity contribution in [3.05, 3.63) is 0 Å². The molecule has 0 spiro atoms. The van der Waals surface area contributed by atoms with Crippen LogP contribution < -0.4 is 5.73 Å². The van der Waals surface area contributed by atoms with E-state index in [1.54, 1.807) is 0 Å². The summed E-state index contributed by atoms with van der Waals surface area (Å²) in [4.78, 5) is 0. The lowest BCUT2D eigenvalue weighted by Crippen LogP contribution is -2.27. The maximum atomic E-state index is 6.14. The second kappa shape index (κ2) is 5.15. The van der Waals surface area contributed by atoms with Crippen LogP contribution in [0.3, 0.4) is 0 Å². The zero-order chi connectivity index (χ0) is 13.4. The highest BCUT2D eigenvalue weighted by Gasteiger charge is 2.47. The molecule has 0 bridgehead atoms. The van der Waals surface area contributed by atoms with Crippen LogP contribution in [-0.4, -0.2) is 6.04 Å². The average Bonchev–Trinajstić information content (AvgIpc) is 3.02. The summed E-state index contributed by atoms with van der Waals surface area (Å²) >= 11 is 0. The Labute approximate surface area is 114 Å². The topological polar surface area (TPSA) is 26.0 Å². The Morgan fingerprint density at radius 1 is 0.944 bits per heavy atom. The lowest BCUT2D eigenvalue weighted by Gasteiger charge is -2.37. The van der Waals surface area contributed by atoms with E-state index in [0.29, 0.717) is 16.9 Å². The van der Waals surface area contributed by atoms with E-state index in [9.17, 15) is 0 Å². The van der Waals surface area contributed by atoms with Gasteiger partial charge in [-0.3, -0.25) is 0 Å². The molecule has 2 rings (SSSR count). The van der Waals surface area contributed by atoms with Gasteiger partial charge in [-0.1, -0.05) is 47.0 Å². The fourth-order valence-corrected chi connectivity index (χ4v) is 3.90. The summed E-state index contributed by atoms with van der Waals surface area (Å²) in [5.41, 5.74) is 7.21. The zero-order valence-electron chi connectivity index (χ0n) is 13.0. The minimum absolute atomic E-state index is 0.512. The molecule has 0 aromatic carbocycles. The van der Waals surface area contributed by atoms with Gasteiger partial charge in [-0.15, -0.1) is 0 Å². The highest BCUT2D eigenvalue weighted by Crippen LogP contribution is 2.52. The second-order valence-corrected chi connectivity index (χ2v) is 8.36. The van der Waals surface area contributed by atoms with Crippen molar-refractivity contribution in [1.29, 1.82) is 0 Å². The van der Waals surface area contributed by atoms with Crippen LogP contribution >= 0.6 is 0 Å². The molecule has 18 heavy (non-hydrogen) atoms. The van der Waals surface area contributed by atoms with Crippen molar-refractivity contribution in [2.45, 2.75) is 85.1 Å². The number of hydrogen-bond acceptors (Lipinski definition) is 1. The fraction of sp³-hybridized carbons (Fsp3) is 1.00. The van der Waals surface area contributed by atoms with Gasteiger partial charge in [0.25, 0.3) is 0 Å². The molecule has 0 saturated heterocycles. The maximum absolute atomic E-state index is 6.14. The smallest absolute Gasteiger partial charge is 0.00763 e. The van der Waals surface area contributed by atoms with E-state index in [1.165, 1.54) is 51.4 Å². The first-order valence-electron chi connectivity index (χ1n) is 8.08. The minimum Gasteiger partial charge on any atom is -0.327 e. The zero-order valence-corrected chi connectivity index (χ0v) is 13.0. The van der Waals surface area contributed by atoms with Gasteiger partial charge in [0.05, 0.1) is 0 Å². The summed E-state index contributed by atoms with van der Waals surface area (Å²) in [7, 11) is 0. The van der Waals surface area contributed by atoms with E-state index in [4.69, 9.17) is 5.73 Å². The molecule has 1 heteroatoms. The molecule has 2 aliphatic carbocycles. The molecule has 2 saturated carbocycles. The highest BCUT2D eigenvalue weighted by atomic mass is 14.8. The van der Waals surface area contributed by atoms with Crippen LogP contribution in [-0.2, 0) is 0 Å². The van der Waals surface area contributed by atoms with Crippen molar-refractivity contribution in [3.8, 4) is 0 Å². The van der Waals surface area contributed by atoms with Gasteiger partial charge in [0.1, 0.15) is 0 Å². The standard InChI is InChI=1S/C17H33N/c1-13-6-5-8-17(4,14-12-15(14)18)11-10-16(2,3)9-7-13/h13-15H,5-12,18H2,1-4H3. The summed E-state index contributed by atoms with van der Waals surface area (Å²) in [5.74, 6) is 1.74. The molecule has 4 atom stereocenters. The number of nitrogens with two attached hydrogens (primary N) is 1. The van der Waals surface area contributed by atoms with Gasteiger partial charge in [0, 0.05) is 6.04 Å². The Kier molecular flexibility index (Phi) is 4.11. The predicted octanol–water partition coefficient (Wildman–Crippen LogP) is 4.75. The highest BCUT2D eigenvalue weighted by molar-refractivity contribution is 5.01. The molecule has 106 valence electrons. The molecule has 0 aromatic rings. The van der Waals surface area contributed by atoms with E-state index >= 15 is 0 Å². The van der Waals surface area contributed by atoms with E-state index in [0.717, 1.165) is 11.8 Å². The third kappa shape index (κ3) is 3.50. The predicted molar refractivity (Wildman–Crippen MR) is 79.5 cm³/mol. The van der Waals surface area contributed by atoms with Crippen molar-refractivity contribution in [2.75, 3.05) is 0 Å². The lowest BCUT2D eigenvalue weighted by molar-refractivity contribution is 0.147. The van der Waals surface area contributed by atoms with Gasteiger partial charge in [-0.25, -0.2) is 0 Å². The van der Waals surface area contributed by atoms with Crippen LogP contribution in [0, 0.1) is 22.7 Å². The van der Waals surface area contributed by atoms with Crippen molar-refractivity contribution in [2.24, 2.45) is 28.4 Å². The molecule has 0 amide bonds. The summed E-state index contributed by atoms with van der Waals surface area (Å²) in [5, 5.41) is 0. The van der Waals surface area contributed by atoms with Crippen LogP contribution in [0.5, 0.6) is 0 Å². The molecule has 2 aliphatic rings. The van der Waals surface area contributed by atoms with Crippen LogP contribution in [0.2, 0.25) is 0 Å². The molecular weight excluding hydrogens is 218 g/mol.